The highest BCUT2D eigenvalue weighted by Crippen LogP contribution is 2.57. The summed E-state index contributed by atoms with van der Waals surface area (Å²) >= 11 is 0. The molecule has 1 aromatic carbocycles. The normalized spacial score (nSPS) is 17.5. The Balaban J connectivity index is 1.17. The van der Waals surface area contributed by atoms with Crippen molar-refractivity contribution in [3.63, 3.8) is 0 Å². The zero-order chi connectivity index (χ0) is 58.0. The van der Waals surface area contributed by atoms with Gasteiger partial charge in [-0.1, -0.05) is 85.1 Å². The van der Waals surface area contributed by atoms with Gasteiger partial charge in [-0.3, -0.25) is 14.3 Å². The van der Waals surface area contributed by atoms with E-state index in [0.717, 1.165) is 0 Å². The van der Waals surface area contributed by atoms with Crippen LogP contribution in [0, 0.1) is 39.4 Å². The van der Waals surface area contributed by atoms with E-state index in [1.54, 1.807) is 81.3 Å². The van der Waals surface area contributed by atoms with Gasteiger partial charge < -0.3 is 35.7 Å². The lowest BCUT2D eigenvalue weighted by molar-refractivity contribution is -0.146. The van der Waals surface area contributed by atoms with Crippen molar-refractivity contribution in [2.24, 2.45) is 33.8 Å². The maximum atomic E-state index is 14.5. The highest BCUT2D eigenvalue weighted by molar-refractivity contribution is 7.89. The van der Waals surface area contributed by atoms with E-state index in [1.165, 1.54) is 15.2 Å². The number of nitrogens with one attached hydrogen (secondary N) is 2. The van der Waals surface area contributed by atoms with Gasteiger partial charge in [0.1, 0.15) is 29.8 Å². The topological polar surface area (TPSA) is 259 Å². The van der Waals surface area contributed by atoms with Crippen LogP contribution in [0.2, 0.25) is 10.6 Å². The molecule has 0 spiro atoms. The van der Waals surface area contributed by atoms with Gasteiger partial charge in [0.2, 0.25) is 21.8 Å². The van der Waals surface area contributed by atoms with Crippen molar-refractivity contribution in [3.05, 3.63) is 60.8 Å². The molecule has 1 saturated heterocycles. The fourth-order valence-electron chi connectivity index (χ4n) is 9.96. The van der Waals surface area contributed by atoms with Crippen LogP contribution < -0.4 is 21.1 Å². The first-order valence-electron chi connectivity index (χ1n) is 26.3. The predicted octanol–water partition coefficient (Wildman–Crippen LogP) is 6.65. The maximum Gasteiger partial charge on any atom is 0.420 e. The molecule has 1 aliphatic rings. The van der Waals surface area contributed by atoms with Crippen molar-refractivity contribution < 1.29 is 42.1 Å². The fourth-order valence-corrected chi connectivity index (χ4v) is 11.2. The average molecular weight is 1080 g/mol. The molecule has 5 rings (SSSR count). The van der Waals surface area contributed by atoms with E-state index in [1.807, 2.05) is 76.2 Å². The monoisotopic (exact) mass is 1080 g/mol. The molecule has 418 valence electrons. The Bertz CT molecular complexity index is 2870. The molecule has 77 heavy (non-hydrogen) atoms. The first kappa shape index (κ1) is 62.5. The lowest BCUT2D eigenvalue weighted by atomic mass is 9.45. The summed E-state index contributed by atoms with van der Waals surface area (Å²) in [5.74, 6) is -1.45. The van der Waals surface area contributed by atoms with Crippen LogP contribution in [0.4, 0.5) is 4.79 Å². The number of nitrogens with two attached hydrogens (primary N) is 1. The molecule has 4 radical (unpaired) electrons. The number of amides is 2. The van der Waals surface area contributed by atoms with Gasteiger partial charge >= 0.3 is 6.09 Å². The summed E-state index contributed by atoms with van der Waals surface area (Å²) in [6.45, 7) is 28.8. The minimum atomic E-state index is -3.42. The van der Waals surface area contributed by atoms with Crippen LogP contribution in [0.3, 0.4) is 0 Å². The molecule has 4 aromatic rings. The van der Waals surface area contributed by atoms with Crippen molar-refractivity contribution in [2.75, 3.05) is 51.8 Å². The first-order valence-corrected chi connectivity index (χ1v) is 27.9. The van der Waals surface area contributed by atoms with Crippen molar-refractivity contribution in [1.82, 2.24) is 39.3 Å². The van der Waals surface area contributed by atoms with Gasteiger partial charge in [-0.05, 0) is 88.5 Å². The number of fused-ring (bicyclic) bond motifs is 1. The van der Waals surface area contributed by atoms with E-state index >= 15 is 0 Å². The van der Waals surface area contributed by atoms with Crippen LogP contribution in [-0.2, 0) is 40.2 Å². The SMILES string of the molecule is [B]C(C)(C)C(C)(C)CC(C)(C(=O)NCC(C)O)C(C)(N)C(C)C(C(=O)NCCOCCOc1ccc(C(C)(C)OC(=O)n2ccc3c(-c4cnn(C5(CC#N)CN(S(=O)(=O)CC)C5)c4)ncnc32)cc1)C(C)(C)C([B])(C)C. The summed E-state index contributed by atoms with van der Waals surface area (Å²) in [6.07, 6.45) is 5.12. The smallest absolute Gasteiger partial charge is 0.420 e. The second-order valence-corrected chi connectivity index (χ2v) is 26.6. The first-order chi connectivity index (χ1) is 35.4. The summed E-state index contributed by atoms with van der Waals surface area (Å²) in [5, 5.41) is 29.2. The number of aliphatic hydroxyl groups is 1. The molecule has 19 nitrogen and oxygen atoms in total. The Morgan fingerprint density at radius 3 is 2.13 bits per heavy atom. The van der Waals surface area contributed by atoms with E-state index in [2.05, 4.69) is 31.8 Å². The zero-order valence-corrected chi connectivity index (χ0v) is 48.8. The molecule has 5 N–H and O–H groups in total. The summed E-state index contributed by atoms with van der Waals surface area (Å²) < 4.78 is 47.1. The van der Waals surface area contributed by atoms with Gasteiger partial charge in [-0.25, -0.2) is 27.7 Å². The van der Waals surface area contributed by atoms with Crippen LogP contribution in [0.25, 0.3) is 22.3 Å². The number of aromatic nitrogens is 5. The number of hydrogen-bond donors (Lipinski definition) is 4. The lowest BCUT2D eigenvalue weighted by Crippen LogP contribution is -2.67. The number of carbonyl (C=O) groups excluding carboxylic acids is 3. The minimum absolute atomic E-state index is 0.0331. The van der Waals surface area contributed by atoms with E-state index in [-0.39, 0.29) is 76.4 Å². The Kier molecular flexibility index (Phi) is 18.8. The summed E-state index contributed by atoms with van der Waals surface area (Å²) in [7, 11) is 10.1. The number of hydrogen-bond acceptors (Lipinski definition) is 14. The van der Waals surface area contributed by atoms with Gasteiger partial charge in [0, 0.05) is 61.0 Å². The molecular weight excluding hydrogens is 998 g/mol. The van der Waals surface area contributed by atoms with Gasteiger partial charge in [-0.2, -0.15) is 14.7 Å². The maximum absolute atomic E-state index is 14.5. The Morgan fingerprint density at radius 2 is 1.56 bits per heavy atom. The minimum Gasteiger partial charge on any atom is -0.491 e. The average Bonchev–Trinajstić information content (AvgIpc) is 3.99. The van der Waals surface area contributed by atoms with Gasteiger partial charge in [0.05, 0.1) is 70.6 Å². The van der Waals surface area contributed by atoms with Crippen molar-refractivity contribution in [2.45, 2.75) is 150 Å². The molecule has 0 saturated carbocycles. The lowest BCUT2D eigenvalue weighted by Gasteiger charge is -2.56. The molecular formula is C55H82B2N10O9S. The molecule has 0 aliphatic carbocycles. The van der Waals surface area contributed by atoms with Crippen LogP contribution >= 0.6 is 0 Å². The number of nitriles is 1. The highest BCUT2D eigenvalue weighted by Gasteiger charge is 2.59. The second kappa shape index (κ2) is 23.2. The fraction of sp³-hybridized carbons (Fsp3) is 0.655. The van der Waals surface area contributed by atoms with E-state index < -0.39 is 77.6 Å². The van der Waals surface area contributed by atoms with Gasteiger partial charge in [-0.15, -0.1) is 0 Å². The molecule has 5 unspecified atom stereocenters. The number of rotatable bonds is 26. The van der Waals surface area contributed by atoms with Crippen molar-refractivity contribution in [1.29, 1.82) is 5.26 Å². The summed E-state index contributed by atoms with van der Waals surface area (Å²) in [6, 6.07) is 11.0. The molecule has 1 aliphatic heterocycles. The van der Waals surface area contributed by atoms with Crippen LogP contribution in [0.5, 0.6) is 5.75 Å². The molecule has 3 aromatic heterocycles. The van der Waals surface area contributed by atoms with Crippen molar-refractivity contribution in [3.8, 4) is 23.1 Å². The Hall–Kier alpha value is -5.33. The van der Waals surface area contributed by atoms with Crippen LogP contribution in [0.1, 0.15) is 122 Å². The third kappa shape index (κ3) is 13.2. The van der Waals surface area contributed by atoms with E-state index in [9.17, 15) is 33.2 Å². The van der Waals surface area contributed by atoms with Crippen LogP contribution in [-0.4, -0.2) is 139 Å². The van der Waals surface area contributed by atoms with Crippen LogP contribution in [0.15, 0.2) is 55.2 Å². The quantitative estimate of drug-likeness (QED) is 0.0379. The molecule has 22 heteroatoms. The second-order valence-electron chi connectivity index (χ2n) is 24.4. The highest BCUT2D eigenvalue weighted by atomic mass is 32.2. The summed E-state index contributed by atoms with van der Waals surface area (Å²) in [4.78, 5) is 51.3. The van der Waals surface area contributed by atoms with E-state index in [4.69, 9.17) is 35.6 Å². The number of nitrogens with zero attached hydrogens (tertiary/aromatic N) is 7. The third-order valence-corrected chi connectivity index (χ3v) is 18.8. The Morgan fingerprint density at radius 1 is 0.922 bits per heavy atom. The number of sulfonamides is 1. The van der Waals surface area contributed by atoms with Crippen molar-refractivity contribution >= 4 is 54.7 Å². The number of ether oxygens (including phenoxy) is 3. The molecule has 1 fully saturated rings. The Labute approximate surface area is 459 Å². The number of carbonyl (C=O) groups is 3. The van der Waals surface area contributed by atoms with E-state index in [0.29, 0.717) is 33.6 Å². The molecule has 0 bridgehead atoms. The predicted molar refractivity (Wildman–Crippen MR) is 298 cm³/mol. The number of benzene rings is 1. The standard InChI is InChI=1S/C55H82B2N10O9S/c1-16-77(72,73)65-33-55(34-65,22-23-58)67-31-38(30-64-67)43-41-21-25-66(44(41)63-35-62-43)47(71)76-50(8,9)39-17-19-40(20-18-39)75-28-27-74-26-24-60-45(69)42(49(6,7)52(12,13)57)37(3)54(15,59)53(14,46(70)61-29-36(2)68)32-48(4,5)51(10,11)56/h17-21,25,30-31,35-37,42,68H,16,22,24,26-29,32-34,59H2,1-15H3,(H,60,69)(H,61,70). The number of aliphatic hydroxyl groups excluding tert-OH is 1. The van der Waals surface area contributed by atoms with Gasteiger partial charge in [0.25, 0.3) is 0 Å². The van der Waals surface area contributed by atoms with Gasteiger partial charge in [0.15, 0.2) is 5.65 Å². The summed E-state index contributed by atoms with van der Waals surface area (Å²) in [5.41, 5.74) is 3.68. The largest absolute Gasteiger partial charge is 0.491 e. The zero-order valence-electron chi connectivity index (χ0n) is 48.0. The third-order valence-electron chi connectivity index (χ3n) is 17.0. The molecule has 4 heterocycles. The molecule has 2 amide bonds. The molecule has 5 atom stereocenters.